The fraction of sp³-hybridized carbons (Fsp3) is 0.500. The lowest BCUT2D eigenvalue weighted by Gasteiger charge is -2.25. The fourth-order valence-electron chi connectivity index (χ4n) is 1.98. The van der Waals surface area contributed by atoms with Crippen LogP contribution in [0.2, 0.25) is 0 Å². The van der Waals surface area contributed by atoms with Crippen molar-refractivity contribution >= 4 is 15.2 Å². The Bertz CT molecular complexity index is 504. The largest absolute Gasteiger partial charge is 0.340 e. The van der Waals surface area contributed by atoms with E-state index in [0.717, 1.165) is 5.56 Å². The van der Waals surface area contributed by atoms with Crippen LogP contribution in [0.25, 0.3) is 0 Å². The molecule has 0 fully saturated rings. The summed E-state index contributed by atoms with van der Waals surface area (Å²) < 4.78 is 22.6. The van der Waals surface area contributed by atoms with Gasteiger partial charge in [0.2, 0.25) is 0 Å². The van der Waals surface area contributed by atoms with Gasteiger partial charge in [-0.15, -0.1) is 0 Å². The maximum atomic E-state index is 11.3. The number of nitrogens with one attached hydrogen (secondary N) is 1. The van der Waals surface area contributed by atoms with Crippen LogP contribution in [-0.4, -0.2) is 31.0 Å². The van der Waals surface area contributed by atoms with Crippen LogP contribution in [-0.2, 0) is 15.7 Å². The normalized spacial score (nSPS) is 14.4. The molecule has 5 N–H and O–H groups in total. The van der Waals surface area contributed by atoms with Gasteiger partial charge in [-0.3, -0.25) is 9.13 Å². The zero-order chi connectivity index (χ0) is 16.1. The van der Waals surface area contributed by atoms with Crippen molar-refractivity contribution in [3.8, 4) is 0 Å². The summed E-state index contributed by atoms with van der Waals surface area (Å²) in [5.41, 5.74) is 0.986. The standard InChI is InChI=1S/C12H21NO6P2/c1-2-11(13-9-10-6-4-3-5-7-10)8-12(20(14,15)16)21(17,18)19/h3-7,11-13H,2,8-9H2,1H3,(H2,14,15,16)(H2,17,18,19). The Kier molecular flexibility index (Phi) is 6.75. The van der Waals surface area contributed by atoms with E-state index >= 15 is 0 Å². The minimum absolute atomic E-state index is 0.280. The summed E-state index contributed by atoms with van der Waals surface area (Å²) in [5, 5.41) is 1.11. The van der Waals surface area contributed by atoms with Crippen molar-refractivity contribution in [1.29, 1.82) is 0 Å². The minimum atomic E-state index is -4.86. The second kappa shape index (κ2) is 7.65. The first-order valence-electron chi connectivity index (χ1n) is 6.52. The Hall–Kier alpha value is -0.520. The Morgan fingerprint density at radius 3 is 2.00 bits per heavy atom. The summed E-state index contributed by atoms with van der Waals surface area (Å²) in [6, 6.07) is 9.00. The molecule has 1 aromatic rings. The van der Waals surface area contributed by atoms with E-state index in [4.69, 9.17) is 19.6 Å². The summed E-state index contributed by atoms with van der Waals surface area (Å²) in [4.78, 5) is 36.5. The molecule has 120 valence electrons. The van der Waals surface area contributed by atoms with Crippen LogP contribution in [0.3, 0.4) is 0 Å². The van der Waals surface area contributed by atoms with Gasteiger partial charge in [0.1, 0.15) is 0 Å². The quantitative estimate of drug-likeness (QED) is 0.456. The first kappa shape index (κ1) is 18.5. The van der Waals surface area contributed by atoms with Crippen molar-refractivity contribution in [2.75, 3.05) is 0 Å². The van der Waals surface area contributed by atoms with E-state index < -0.39 is 26.6 Å². The molecule has 1 unspecified atom stereocenters. The highest BCUT2D eigenvalue weighted by atomic mass is 31.2. The van der Waals surface area contributed by atoms with Crippen LogP contribution in [0.4, 0.5) is 0 Å². The Morgan fingerprint density at radius 2 is 1.57 bits per heavy atom. The van der Waals surface area contributed by atoms with Crippen molar-refractivity contribution in [3.63, 3.8) is 0 Å². The summed E-state index contributed by atoms with van der Waals surface area (Å²) in [5.74, 6) is 0. The molecule has 21 heavy (non-hydrogen) atoms. The predicted molar refractivity (Wildman–Crippen MR) is 79.9 cm³/mol. The number of hydrogen-bond acceptors (Lipinski definition) is 3. The second-order valence-electron chi connectivity index (χ2n) is 4.87. The lowest BCUT2D eigenvalue weighted by Crippen LogP contribution is -2.31. The zero-order valence-corrected chi connectivity index (χ0v) is 13.5. The van der Waals surface area contributed by atoms with Gasteiger partial charge in [-0.2, -0.15) is 0 Å². The van der Waals surface area contributed by atoms with Crippen LogP contribution >= 0.6 is 15.2 Å². The van der Waals surface area contributed by atoms with E-state index in [9.17, 15) is 9.13 Å². The molecule has 0 bridgehead atoms. The van der Waals surface area contributed by atoms with Gasteiger partial charge in [-0.05, 0) is 18.4 Å². The highest BCUT2D eigenvalue weighted by Gasteiger charge is 2.44. The molecule has 7 nitrogen and oxygen atoms in total. The monoisotopic (exact) mass is 337 g/mol. The lowest BCUT2D eigenvalue weighted by atomic mass is 10.1. The molecule has 9 heteroatoms. The van der Waals surface area contributed by atoms with E-state index in [-0.39, 0.29) is 6.42 Å². The third-order valence-corrected chi connectivity index (χ3v) is 6.98. The SMILES string of the molecule is CCC(CC(P(=O)(O)O)P(=O)(O)O)NCc1ccccc1. The van der Waals surface area contributed by atoms with E-state index in [1.807, 2.05) is 30.3 Å². The van der Waals surface area contributed by atoms with E-state index in [0.29, 0.717) is 13.0 Å². The molecule has 0 aliphatic rings. The third kappa shape index (κ3) is 6.41. The first-order valence-corrected chi connectivity index (χ1v) is 9.88. The van der Waals surface area contributed by atoms with Gasteiger partial charge in [0, 0.05) is 12.6 Å². The molecule has 0 heterocycles. The molecule has 1 atom stereocenters. The zero-order valence-electron chi connectivity index (χ0n) is 11.7. The molecule has 1 rings (SSSR count). The van der Waals surface area contributed by atoms with Crippen LogP contribution in [0, 0.1) is 0 Å². The van der Waals surface area contributed by atoms with Gasteiger partial charge in [-0.25, -0.2) is 0 Å². The first-order chi connectivity index (χ1) is 9.64. The molecule has 0 aliphatic heterocycles. The molecule has 0 aliphatic carbocycles. The van der Waals surface area contributed by atoms with Crippen molar-refractivity contribution in [1.82, 2.24) is 5.32 Å². The molecule has 0 spiro atoms. The molecule has 0 aromatic heterocycles. The highest BCUT2D eigenvalue weighted by molar-refractivity contribution is 7.70. The summed E-state index contributed by atoms with van der Waals surface area (Å²) in [6.07, 6.45) is 0.223. The van der Waals surface area contributed by atoms with Crippen LogP contribution < -0.4 is 5.32 Å². The minimum Gasteiger partial charge on any atom is -0.324 e. The topological polar surface area (TPSA) is 127 Å². The van der Waals surface area contributed by atoms with Gasteiger partial charge < -0.3 is 24.9 Å². The molecular formula is C12H21NO6P2. The summed E-state index contributed by atoms with van der Waals surface area (Å²) in [6.45, 7) is 2.26. The van der Waals surface area contributed by atoms with E-state index in [1.165, 1.54) is 0 Å². The van der Waals surface area contributed by atoms with Crippen molar-refractivity contribution in [2.24, 2.45) is 0 Å². The average Bonchev–Trinajstić information content (AvgIpc) is 2.37. The van der Waals surface area contributed by atoms with Crippen molar-refractivity contribution in [3.05, 3.63) is 35.9 Å². The molecule has 0 radical (unpaired) electrons. The van der Waals surface area contributed by atoms with Gasteiger partial charge in [0.15, 0.2) is 5.40 Å². The Labute approximate surface area is 123 Å². The number of rotatable bonds is 8. The molecule has 0 saturated carbocycles. The fourth-order valence-corrected chi connectivity index (χ4v) is 4.60. The second-order valence-corrected chi connectivity index (χ2v) is 8.88. The van der Waals surface area contributed by atoms with E-state index in [1.54, 1.807) is 6.92 Å². The van der Waals surface area contributed by atoms with Crippen molar-refractivity contribution in [2.45, 2.75) is 37.8 Å². The van der Waals surface area contributed by atoms with E-state index in [2.05, 4.69) is 5.32 Å². The maximum absolute atomic E-state index is 11.3. The number of hydrogen-bond donors (Lipinski definition) is 5. The summed E-state index contributed by atoms with van der Waals surface area (Å²) >= 11 is 0. The van der Waals surface area contributed by atoms with Gasteiger partial charge in [0.25, 0.3) is 0 Å². The third-order valence-electron chi connectivity index (χ3n) is 3.20. The molecule has 0 amide bonds. The van der Waals surface area contributed by atoms with Crippen LogP contribution in [0.15, 0.2) is 30.3 Å². The predicted octanol–water partition coefficient (Wildman–Crippen LogP) is 1.63. The van der Waals surface area contributed by atoms with Crippen LogP contribution in [0.5, 0.6) is 0 Å². The Morgan fingerprint density at radius 1 is 1.05 bits per heavy atom. The molecular weight excluding hydrogens is 316 g/mol. The van der Waals surface area contributed by atoms with Gasteiger partial charge >= 0.3 is 15.2 Å². The highest BCUT2D eigenvalue weighted by Crippen LogP contribution is 2.61. The average molecular weight is 337 g/mol. The number of benzene rings is 1. The van der Waals surface area contributed by atoms with Crippen LogP contribution in [0.1, 0.15) is 25.3 Å². The lowest BCUT2D eigenvalue weighted by molar-refractivity contribution is 0.325. The summed E-state index contributed by atoms with van der Waals surface area (Å²) in [7, 11) is -9.73. The Balaban J connectivity index is 2.71. The van der Waals surface area contributed by atoms with Gasteiger partial charge in [0.05, 0.1) is 0 Å². The maximum Gasteiger partial charge on any atom is 0.340 e. The molecule has 1 aromatic carbocycles. The molecule has 0 saturated heterocycles. The van der Waals surface area contributed by atoms with Gasteiger partial charge in [-0.1, -0.05) is 37.3 Å². The van der Waals surface area contributed by atoms with Crippen molar-refractivity contribution < 1.29 is 28.7 Å². The smallest absolute Gasteiger partial charge is 0.324 e.